The topological polar surface area (TPSA) is 81.1 Å². The van der Waals surface area contributed by atoms with E-state index in [0.717, 1.165) is 29.7 Å². The number of rotatable bonds is 7. The first-order valence-electron chi connectivity index (χ1n) is 10.00. The molecule has 7 nitrogen and oxygen atoms in total. The molecule has 0 bridgehead atoms. The average Bonchev–Trinajstić information content (AvgIpc) is 3.46. The summed E-state index contributed by atoms with van der Waals surface area (Å²) >= 11 is 0. The lowest BCUT2D eigenvalue weighted by molar-refractivity contribution is 0.207. The molecule has 0 atom stereocenters. The number of hydrogen-bond acceptors (Lipinski definition) is 4. The van der Waals surface area contributed by atoms with Crippen molar-refractivity contribution in [3.05, 3.63) is 72.2 Å². The van der Waals surface area contributed by atoms with Crippen LogP contribution in [0.4, 0.5) is 4.79 Å². The maximum absolute atomic E-state index is 12.3. The Balaban J connectivity index is 1.32. The van der Waals surface area contributed by atoms with E-state index in [-0.39, 0.29) is 12.1 Å². The summed E-state index contributed by atoms with van der Waals surface area (Å²) in [4.78, 5) is 16.7. The van der Waals surface area contributed by atoms with E-state index in [0.29, 0.717) is 18.9 Å². The highest BCUT2D eigenvalue weighted by Gasteiger charge is 2.18. The third-order valence-corrected chi connectivity index (χ3v) is 5.04. The number of nitrogens with zero attached hydrogens (tertiary/aromatic N) is 3. The Morgan fingerprint density at radius 1 is 1.00 bits per heavy atom. The molecule has 0 radical (unpaired) electrons. The molecule has 1 aliphatic carbocycles. The zero-order valence-electron chi connectivity index (χ0n) is 16.3. The smallest absolute Gasteiger partial charge is 0.315 e. The van der Waals surface area contributed by atoms with Gasteiger partial charge in [-0.3, -0.25) is 0 Å². The van der Waals surface area contributed by atoms with Gasteiger partial charge in [0.2, 0.25) is 0 Å². The first-order chi connectivity index (χ1) is 14.3. The third kappa shape index (κ3) is 4.93. The predicted octanol–water partition coefficient (Wildman–Crippen LogP) is 3.59. The molecule has 2 heterocycles. The standard InChI is InChI=1S/C22H25N5O2/c28-22(25-16-18-8-5-12-23-21(18)27-14-6-13-26-27)24-15-17-7-1-4-11-20(17)29-19-9-2-3-10-19/h1,4-8,11-14,19H,2-3,9-10,15-16H2,(H2,24,25,28). The Kier molecular flexibility index (Phi) is 6.04. The lowest BCUT2D eigenvalue weighted by atomic mass is 10.2. The summed E-state index contributed by atoms with van der Waals surface area (Å²) in [5.41, 5.74) is 1.87. The van der Waals surface area contributed by atoms with Gasteiger partial charge in [0.15, 0.2) is 5.82 Å². The second kappa shape index (κ2) is 9.23. The molecule has 2 N–H and O–H groups in total. The van der Waals surface area contributed by atoms with Gasteiger partial charge in [0.25, 0.3) is 0 Å². The Labute approximate surface area is 170 Å². The second-order valence-corrected chi connectivity index (χ2v) is 7.11. The van der Waals surface area contributed by atoms with E-state index in [1.54, 1.807) is 17.1 Å². The number of carbonyl (C=O) groups is 1. The summed E-state index contributed by atoms with van der Waals surface area (Å²) < 4.78 is 7.82. The van der Waals surface area contributed by atoms with Crippen molar-refractivity contribution >= 4 is 6.03 Å². The number of pyridine rings is 1. The molecule has 0 spiro atoms. The molecule has 0 saturated heterocycles. The monoisotopic (exact) mass is 391 g/mol. The first-order valence-corrected chi connectivity index (χ1v) is 10.00. The average molecular weight is 391 g/mol. The second-order valence-electron chi connectivity index (χ2n) is 7.11. The predicted molar refractivity (Wildman–Crippen MR) is 110 cm³/mol. The molecule has 7 heteroatoms. The summed E-state index contributed by atoms with van der Waals surface area (Å²) in [6.45, 7) is 0.767. The molecule has 1 aromatic carbocycles. The van der Waals surface area contributed by atoms with Gasteiger partial charge < -0.3 is 15.4 Å². The Hall–Kier alpha value is -3.35. The van der Waals surface area contributed by atoms with Crippen LogP contribution in [0, 0.1) is 0 Å². The Morgan fingerprint density at radius 3 is 2.55 bits per heavy atom. The minimum atomic E-state index is -0.240. The Bertz CT molecular complexity index is 936. The maximum Gasteiger partial charge on any atom is 0.315 e. The van der Waals surface area contributed by atoms with E-state index in [2.05, 4.69) is 20.7 Å². The number of carbonyl (C=O) groups excluding carboxylic acids is 1. The van der Waals surface area contributed by atoms with Gasteiger partial charge in [0, 0.05) is 42.8 Å². The number of amides is 2. The van der Waals surface area contributed by atoms with Crippen molar-refractivity contribution in [2.75, 3.05) is 0 Å². The summed E-state index contributed by atoms with van der Waals surface area (Å²) in [7, 11) is 0. The summed E-state index contributed by atoms with van der Waals surface area (Å²) in [6, 6.07) is 13.3. The molecule has 4 rings (SSSR count). The highest BCUT2D eigenvalue weighted by atomic mass is 16.5. The van der Waals surface area contributed by atoms with E-state index < -0.39 is 0 Å². The van der Waals surface area contributed by atoms with Gasteiger partial charge in [-0.25, -0.2) is 14.5 Å². The zero-order chi connectivity index (χ0) is 19.9. The minimum absolute atomic E-state index is 0.240. The van der Waals surface area contributed by atoms with E-state index in [1.807, 2.05) is 48.7 Å². The van der Waals surface area contributed by atoms with E-state index in [9.17, 15) is 4.79 Å². The zero-order valence-corrected chi connectivity index (χ0v) is 16.3. The molecule has 150 valence electrons. The number of para-hydroxylation sites is 1. The Morgan fingerprint density at radius 2 is 1.76 bits per heavy atom. The quantitative estimate of drug-likeness (QED) is 0.645. The van der Waals surface area contributed by atoms with E-state index in [4.69, 9.17) is 4.74 Å². The van der Waals surface area contributed by atoms with Gasteiger partial charge >= 0.3 is 6.03 Å². The van der Waals surface area contributed by atoms with Crippen LogP contribution in [-0.2, 0) is 13.1 Å². The highest BCUT2D eigenvalue weighted by molar-refractivity contribution is 5.74. The van der Waals surface area contributed by atoms with E-state index >= 15 is 0 Å². The molecular formula is C22H25N5O2. The fourth-order valence-electron chi connectivity index (χ4n) is 3.53. The number of nitrogens with one attached hydrogen (secondary N) is 2. The van der Waals surface area contributed by atoms with Crippen molar-refractivity contribution in [3.8, 4) is 11.6 Å². The first kappa shape index (κ1) is 19.0. The molecule has 3 aromatic rings. The van der Waals surface area contributed by atoms with Gasteiger partial charge in [0.05, 0.1) is 6.10 Å². The van der Waals surface area contributed by atoms with Crippen molar-refractivity contribution < 1.29 is 9.53 Å². The third-order valence-electron chi connectivity index (χ3n) is 5.04. The van der Waals surface area contributed by atoms with Gasteiger partial charge in [-0.1, -0.05) is 24.3 Å². The molecule has 1 saturated carbocycles. The van der Waals surface area contributed by atoms with Crippen LogP contribution in [0.5, 0.6) is 5.75 Å². The number of aromatic nitrogens is 3. The van der Waals surface area contributed by atoms with Crippen LogP contribution in [0.25, 0.3) is 5.82 Å². The molecule has 2 aromatic heterocycles. The van der Waals surface area contributed by atoms with Crippen molar-refractivity contribution in [1.82, 2.24) is 25.4 Å². The SMILES string of the molecule is O=C(NCc1ccccc1OC1CCCC1)NCc1cccnc1-n1cccn1. The van der Waals surface area contributed by atoms with Crippen LogP contribution in [0.2, 0.25) is 0 Å². The summed E-state index contributed by atoms with van der Waals surface area (Å²) in [6.07, 6.45) is 10.2. The van der Waals surface area contributed by atoms with Gasteiger partial charge in [-0.15, -0.1) is 0 Å². The molecule has 29 heavy (non-hydrogen) atoms. The highest BCUT2D eigenvalue weighted by Crippen LogP contribution is 2.26. The molecule has 1 aliphatic rings. The lowest BCUT2D eigenvalue weighted by Gasteiger charge is -2.17. The molecule has 2 amide bonds. The fourth-order valence-corrected chi connectivity index (χ4v) is 3.53. The molecule has 0 aliphatic heterocycles. The number of ether oxygens (including phenoxy) is 1. The van der Waals surface area contributed by atoms with Crippen molar-refractivity contribution in [2.24, 2.45) is 0 Å². The summed E-state index contributed by atoms with van der Waals surface area (Å²) in [5, 5.41) is 10.0. The fraction of sp³-hybridized carbons (Fsp3) is 0.318. The van der Waals surface area contributed by atoms with Crippen molar-refractivity contribution in [3.63, 3.8) is 0 Å². The van der Waals surface area contributed by atoms with Crippen molar-refractivity contribution in [1.29, 1.82) is 0 Å². The van der Waals surface area contributed by atoms with Crippen LogP contribution in [0.1, 0.15) is 36.8 Å². The maximum atomic E-state index is 12.3. The van der Waals surface area contributed by atoms with Gasteiger partial charge in [-0.2, -0.15) is 5.10 Å². The number of urea groups is 1. The van der Waals surface area contributed by atoms with Crippen LogP contribution in [0.3, 0.4) is 0 Å². The number of hydrogen-bond donors (Lipinski definition) is 2. The van der Waals surface area contributed by atoms with E-state index in [1.165, 1.54) is 12.8 Å². The summed E-state index contributed by atoms with van der Waals surface area (Å²) in [5.74, 6) is 1.56. The van der Waals surface area contributed by atoms with Crippen molar-refractivity contribution in [2.45, 2.75) is 44.9 Å². The largest absolute Gasteiger partial charge is 0.490 e. The van der Waals surface area contributed by atoms with Crippen LogP contribution < -0.4 is 15.4 Å². The van der Waals surface area contributed by atoms with Gasteiger partial charge in [-0.05, 0) is 43.9 Å². The van der Waals surface area contributed by atoms with Crippen LogP contribution in [0.15, 0.2) is 61.1 Å². The molecule has 0 unspecified atom stereocenters. The molecule has 1 fully saturated rings. The minimum Gasteiger partial charge on any atom is -0.490 e. The van der Waals surface area contributed by atoms with Crippen LogP contribution >= 0.6 is 0 Å². The number of benzene rings is 1. The molecular weight excluding hydrogens is 366 g/mol. The lowest BCUT2D eigenvalue weighted by Crippen LogP contribution is -2.35. The van der Waals surface area contributed by atoms with Crippen LogP contribution in [-0.4, -0.2) is 26.9 Å². The van der Waals surface area contributed by atoms with Gasteiger partial charge in [0.1, 0.15) is 5.75 Å². The normalized spacial score (nSPS) is 13.9.